The number of anilines is 3. The van der Waals surface area contributed by atoms with Crippen LogP contribution in [0.2, 0.25) is 0 Å². The molecule has 4 rings (SSSR count). The second-order valence-electron chi connectivity index (χ2n) is 6.67. The van der Waals surface area contributed by atoms with E-state index in [9.17, 15) is 23.1 Å². The average Bonchev–Trinajstić information content (AvgIpc) is 2.69. The fourth-order valence-electron chi connectivity index (χ4n) is 3.40. The van der Waals surface area contributed by atoms with E-state index < -0.39 is 15.9 Å². The summed E-state index contributed by atoms with van der Waals surface area (Å²) < 4.78 is 24.7. The molecule has 0 unspecified atom stereocenters. The topological polar surface area (TPSA) is 126 Å². The Balaban J connectivity index is 1.91. The summed E-state index contributed by atoms with van der Waals surface area (Å²) in [6.45, 7) is 0.476. The first kappa shape index (κ1) is 18.9. The van der Waals surface area contributed by atoms with Crippen LogP contribution in [0.5, 0.6) is 0 Å². The number of carboxylic acid groups (broad SMARTS) is 1. The highest BCUT2D eigenvalue weighted by Crippen LogP contribution is 2.36. The van der Waals surface area contributed by atoms with Gasteiger partial charge in [0.15, 0.2) is 0 Å². The van der Waals surface area contributed by atoms with Crippen LogP contribution in [0.3, 0.4) is 0 Å². The van der Waals surface area contributed by atoms with Crippen LogP contribution >= 0.6 is 0 Å². The highest BCUT2D eigenvalue weighted by atomic mass is 32.2. The normalized spacial score (nSPS) is 14.1. The van der Waals surface area contributed by atoms with Crippen molar-refractivity contribution in [2.24, 2.45) is 7.05 Å². The fourth-order valence-corrected chi connectivity index (χ4v) is 3.89. The number of carbonyl (C=O) groups is 1. The minimum Gasteiger partial charge on any atom is -0.465 e. The summed E-state index contributed by atoms with van der Waals surface area (Å²) in [5.41, 5.74) is 1.22. The molecule has 2 aromatic heterocycles. The van der Waals surface area contributed by atoms with Gasteiger partial charge in [0.25, 0.3) is 5.56 Å². The van der Waals surface area contributed by atoms with Crippen molar-refractivity contribution < 1.29 is 18.3 Å². The third kappa shape index (κ3) is 3.09. The molecular weight excluding hydrogens is 398 g/mol. The lowest BCUT2D eigenvalue weighted by atomic mass is 10.1. The van der Waals surface area contributed by atoms with Crippen LogP contribution in [0.4, 0.5) is 21.9 Å². The Morgan fingerprint density at radius 1 is 1.14 bits per heavy atom. The summed E-state index contributed by atoms with van der Waals surface area (Å²) in [6.07, 6.45) is 1.30. The van der Waals surface area contributed by atoms with E-state index in [1.807, 2.05) is 0 Å². The van der Waals surface area contributed by atoms with Crippen LogP contribution in [0, 0.1) is 0 Å². The van der Waals surface area contributed by atoms with E-state index in [-0.39, 0.29) is 29.5 Å². The van der Waals surface area contributed by atoms with Gasteiger partial charge in [0.2, 0.25) is 15.0 Å². The van der Waals surface area contributed by atoms with Gasteiger partial charge in [0.1, 0.15) is 11.3 Å². The van der Waals surface area contributed by atoms with Crippen molar-refractivity contribution in [2.75, 3.05) is 29.1 Å². The Kier molecular flexibility index (Phi) is 4.26. The number of rotatable bonds is 2. The zero-order valence-electron chi connectivity index (χ0n) is 15.6. The molecule has 0 saturated carbocycles. The first-order valence-electron chi connectivity index (χ1n) is 8.62. The van der Waals surface area contributed by atoms with Crippen LogP contribution in [-0.2, 0) is 16.9 Å². The maximum Gasteiger partial charge on any atom is 0.411 e. The third-order valence-corrected chi connectivity index (χ3v) is 5.63. The minimum absolute atomic E-state index is 0.192. The smallest absolute Gasteiger partial charge is 0.411 e. The van der Waals surface area contributed by atoms with E-state index in [0.717, 1.165) is 6.26 Å². The quantitative estimate of drug-likeness (QED) is 0.622. The predicted octanol–water partition coefficient (Wildman–Crippen LogP) is 1.37. The zero-order valence-corrected chi connectivity index (χ0v) is 16.4. The maximum absolute atomic E-state index is 13.0. The Morgan fingerprint density at radius 2 is 1.83 bits per heavy atom. The van der Waals surface area contributed by atoms with Crippen molar-refractivity contribution in [1.29, 1.82) is 0 Å². The summed E-state index contributed by atoms with van der Waals surface area (Å²) in [4.78, 5) is 35.5. The number of aryl methyl sites for hydroxylation is 1. The number of benzene rings is 1. The molecule has 0 spiro atoms. The standard InChI is InChI=1S/C18H17N5O5S/c1-21-15-11(10-19-17(20-15)29(2,27)28)9-14(16(21)24)22-7-8-23(18(25)26)13-6-4-3-5-12(13)22/h3-6,9-10H,7-8H2,1-2H3,(H,25,26). The van der Waals surface area contributed by atoms with Crippen molar-refractivity contribution in [2.45, 2.75) is 5.16 Å². The number of nitrogens with zero attached hydrogens (tertiary/aromatic N) is 5. The Labute approximate surface area is 165 Å². The number of pyridine rings is 1. The summed E-state index contributed by atoms with van der Waals surface area (Å²) in [7, 11) is -2.11. The van der Waals surface area contributed by atoms with Crippen LogP contribution in [0.25, 0.3) is 11.0 Å². The molecule has 11 heteroatoms. The molecule has 150 valence electrons. The lowest BCUT2D eigenvalue weighted by Crippen LogP contribution is -2.43. The molecule has 0 atom stereocenters. The second kappa shape index (κ2) is 6.55. The molecular formula is C18H17N5O5S. The van der Waals surface area contributed by atoms with Gasteiger partial charge in [0.05, 0.1) is 11.4 Å². The highest BCUT2D eigenvalue weighted by Gasteiger charge is 2.29. The zero-order chi connectivity index (χ0) is 20.9. The molecule has 3 aromatic rings. The number of para-hydroxylation sites is 2. The first-order valence-corrected chi connectivity index (χ1v) is 10.5. The molecule has 29 heavy (non-hydrogen) atoms. The van der Waals surface area contributed by atoms with Crippen molar-refractivity contribution >= 4 is 44.0 Å². The summed E-state index contributed by atoms with van der Waals surface area (Å²) >= 11 is 0. The molecule has 1 aliphatic heterocycles. The van der Waals surface area contributed by atoms with Crippen molar-refractivity contribution in [1.82, 2.24) is 14.5 Å². The molecule has 0 bridgehead atoms. The molecule has 0 fully saturated rings. The van der Waals surface area contributed by atoms with E-state index >= 15 is 0 Å². The lowest BCUT2D eigenvalue weighted by Gasteiger charge is -2.36. The monoisotopic (exact) mass is 415 g/mol. The van der Waals surface area contributed by atoms with Gasteiger partial charge in [-0.2, -0.15) is 4.98 Å². The van der Waals surface area contributed by atoms with Gasteiger partial charge in [-0.25, -0.2) is 18.2 Å². The number of hydrogen-bond donors (Lipinski definition) is 1. The number of sulfone groups is 1. The van der Waals surface area contributed by atoms with Gasteiger partial charge < -0.3 is 10.0 Å². The van der Waals surface area contributed by atoms with Crippen LogP contribution < -0.4 is 15.4 Å². The predicted molar refractivity (Wildman–Crippen MR) is 107 cm³/mol. The molecule has 0 saturated heterocycles. The van der Waals surface area contributed by atoms with E-state index in [2.05, 4.69) is 9.97 Å². The Hall–Kier alpha value is -3.47. The minimum atomic E-state index is -3.62. The van der Waals surface area contributed by atoms with Crippen molar-refractivity contribution in [3.63, 3.8) is 0 Å². The van der Waals surface area contributed by atoms with Crippen molar-refractivity contribution in [3.05, 3.63) is 46.9 Å². The molecule has 10 nitrogen and oxygen atoms in total. The van der Waals surface area contributed by atoms with Gasteiger partial charge >= 0.3 is 6.09 Å². The average molecular weight is 415 g/mol. The SMILES string of the molecule is Cn1c(=O)c(N2CCN(C(=O)O)c3ccccc32)cc2cnc(S(C)(=O)=O)nc21. The van der Waals surface area contributed by atoms with Crippen LogP contribution in [-0.4, -0.2) is 53.5 Å². The molecule has 1 N–H and O–H groups in total. The first-order chi connectivity index (χ1) is 13.7. The summed E-state index contributed by atoms with van der Waals surface area (Å²) in [5.74, 6) is 0. The van der Waals surface area contributed by atoms with E-state index in [0.29, 0.717) is 22.4 Å². The lowest BCUT2D eigenvalue weighted by molar-refractivity contribution is 0.201. The second-order valence-corrected chi connectivity index (χ2v) is 8.58. The fraction of sp³-hybridized carbons (Fsp3) is 0.222. The van der Waals surface area contributed by atoms with E-state index in [1.165, 1.54) is 22.7 Å². The Morgan fingerprint density at radius 3 is 2.48 bits per heavy atom. The van der Waals surface area contributed by atoms with Gasteiger partial charge in [-0.3, -0.25) is 14.3 Å². The number of fused-ring (bicyclic) bond motifs is 2. The van der Waals surface area contributed by atoms with Gasteiger partial charge in [-0.15, -0.1) is 0 Å². The van der Waals surface area contributed by atoms with Crippen molar-refractivity contribution in [3.8, 4) is 0 Å². The molecule has 1 amide bonds. The molecule has 0 radical (unpaired) electrons. The molecule has 3 heterocycles. The van der Waals surface area contributed by atoms with Crippen LogP contribution in [0.1, 0.15) is 0 Å². The largest absolute Gasteiger partial charge is 0.465 e. The molecule has 1 aromatic carbocycles. The number of hydrogen-bond acceptors (Lipinski definition) is 7. The van der Waals surface area contributed by atoms with Gasteiger partial charge in [-0.1, -0.05) is 12.1 Å². The van der Waals surface area contributed by atoms with E-state index in [4.69, 9.17) is 0 Å². The Bertz CT molecular complexity index is 1320. The third-order valence-electron chi connectivity index (χ3n) is 4.77. The van der Waals surface area contributed by atoms with E-state index in [1.54, 1.807) is 35.2 Å². The summed E-state index contributed by atoms with van der Waals surface area (Å²) in [6, 6.07) is 8.53. The molecule has 0 aliphatic carbocycles. The van der Waals surface area contributed by atoms with Gasteiger partial charge in [-0.05, 0) is 18.2 Å². The number of aromatic nitrogens is 3. The maximum atomic E-state index is 13.0. The summed E-state index contributed by atoms with van der Waals surface area (Å²) in [5, 5.41) is 9.59. The number of amides is 1. The molecule has 1 aliphatic rings. The van der Waals surface area contributed by atoms with Crippen LogP contribution in [0.15, 0.2) is 46.5 Å². The van der Waals surface area contributed by atoms with Gasteiger partial charge in [0, 0.05) is 38.0 Å². The highest BCUT2D eigenvalue weighted by molar-refractivity contribution is 7.90.